The summed E-state index contributed by atoms with van der Waals surface area (Å²) in [5, 5.41) is 0. The van der Waals surface area contributed by atoms with Crippen LogP contribution in [0, 0.1) is 6.92 Å². The minimum absolute atomic E-state index is 0.914. The molecule has 0 aliphatic carbocycles. The lowest BCUT2D eigenvalue weighted by molar-refractivity contribution is 0.370. The minimum atomic E-state index is 0.914. The van der Waals surface area contributed by atoms with Crippen molar-refractivity contribution in [3.63, 3.8) is 0 Å². The van der Waals surface area contributed by atoms with E-state index in [4.69, 9.17) is 0 Å². The second-order valence-electron chi connectivity index (χ2n) is 8.80. The molecule has 3 heterocycles. The Morgan fingerprint density at radius 1 is 1.00 bits per heavy atom. The monoisotopic (exact) mass is 446 g/mol. The summed E-state index contributed by atoms with van der Waals surface area (Å²) in [7, 11) is 0. The highest BCUT2D eigenvalue weighted by Crippen LogP contribution is 2.37. The summed E-state index contributed by atoms with van der Waals surface area (Å²) in [6.45, 7) is 10.3. The van der Waals surface area contributed by atoms with Gasteiger partial charge in [-0.15, -0.1) is 5.73 Å². The first-order valence-corrected chi connectivity index (χ1v) is 12.0. The SMILES string of the molecule is C=C=C(c1cncc2[nH]cnc12)N1CCC(=C(c2ccccc2C)c2ccccc2CC)CC1. The first-order chi connectivity index (χ1) is 16.7. The number of rotatable bonds is 5. The predicted molar refractivity (Wildman–Crippen MR) is 140 cm³/mol. The quantitative estimate of drug-likeness (QED) is 0.354. The van der Waals surface area contributed by atoms with Crippen LogP contribution in [0.3, 0.4) is 0 Å². The highest BCUT2D eigenvalue weighted by Gasteiger charge is 2.24. The molecule has 0 amide bonds. The van der Waals surface area contributed by atoms with Crippen molar-refractivity contribution in [2.24, 2.45) is 0 Å². The van der Waals surface area contributed by atoms with Gasteiger partial charge in [-0.3, -0.25) is 4.98 Å². The molecular weight excluding hydrogens is 416 g/mol. The van der Waals surface area contributed by atoms with Gasteiger partial charge in [0.1, 0.15) is 5.52 Å². The summed E-state index contributed by atoms with van der Waals surface area (Å²) >= 11 is 0. The molecule has 170 valence electrons. The fraction of sp³-hybridized carbons (Fsp3) is 0.233. The second-order valence-corrected chi connectivity index (χ2v) is 8.80. The summed E-state index contributed by atoms with van der Waals surface area (Å²) in [5.41, 5.74) is 15.4. The summed E-state index contributed by atoms with van der Waals surface area (Å²) in [6, 6.07) is 17.6. The molecule has 0 unspecified atom stereocenters. The number of H-pyrrole nitrogens is 1. The molecule has 2 aromatic heterocycles. The van der Waals surface area contributed by atoms with Crippen LogP contribution >= 0.6 is 0 Å². The normalized spacial score (nSPS) is 13.7. The highest BCUT2D eigenvalue weighted by molar-refractivity contribution is 5.88. The number of nitrogens with one attached hydrogen (secondary N) is 1. The van der Waals surface area contributed by atoms with Crippen molar-refractivity contribution in [1.29, 1.82) is 0 Å². The van der Waals surface area contributed by atoms with Crippen LogP contribution in [-0.2, 0) is 6.42 Å². The maximum atomic E-state index is 4.51. The molecule has 1 N–H and O–H groups in total. The van der Waals surface area contributed by atoms with Crippen molar-refractivity contribution in [3.05, 3.63) is 113 Å². The lowest BCUT2D eigenvalue weighted by atomic mass is 9.84. The first kappa shape index (κ1) is 21.9. The van der Waals surface area contributed by atoms with E-state index in [0.29, 0.717) is 0 Å². The van der Waals surface area contributed by atoms with Gasteiger partial charge in [0.25, 0.3) is 0 Å². The zero-order valence-electron chi connectivity index (χ0n) is 19.9. The number of imidazole rings is 1. The fourth-order valence-electron chi connectivity index (χ4n) is 5.12. The molecule has 4 nitrogen and oxygen atoms in total. The van der Waals surface area contributed by atoms with Crippen LogP contribution < -0.4 is 0 Å². The molecule has 1 aliphatic heterocycles. The smallest absolute Gasteiger partial charge is 0.101 e. The average molecular weight is 447 g/mol. The molecule has 1 fully saturated rings. The molecule has 2 aromatic carbocycles. The van der Waals surface area contributed by atoms with Gasteiger partial charge in [-0.05, 0) is 54.0 Å². The largest absolute Gasteiger partial charge is 0.364 e. The first-order valence-electron chi connectivity index (χ1n) is 12.0. The molecule has 0 spiro atoms. The van der Waals surface area contributed by atoms with Gasteiger partial charge in [0.05, 0.1) is 29.3 Å². The Balaban J connectivity index is 1.53. The third-order valence-electron chi connectivity index (χ3n) is 6.87. The number of aromatic nitrogens is 3. The van der Waals surface area contributed by atoms with E-state index in [-0.39, 0.29) is 0 Å². The van der Waals surface area contributed by atoms with Crippen LogP contribution in [0.5, 0.6) is 0 Å². The minimum Gasteiger partial charge on any atom is -0.364 e. The Morgan fingerprint density at radius 2 is 1.74 bits per heavy atom. The maximum Gasteiger partial charge on any atom is 0.101 e. The van der Waals surface area contributed by atoms with Crippen LogP contribution in [0.2, 0.25) is 0 Å². The summed E-state index contributed by atoms with van der Waals surface area (Å²) in [5.74, 6) is 0. The van der Waals surface area contributed by atoms with Crippen molar-refractivity contribution in [2.75, 3.05) is 13.1 Å². The van der Waals surface area contributed by atoms with Gasteiger partial charge >= 0.3 is 0 Å². The molecule has 4 aromatic rings. The molecule has 0 atom stereocenters. The topological polar surface area (TPSA) is 44.8 Å². The number of hydrogen-bond acceptors (Lipinski definition) is 3. The van der Waals surface area contributed by atoms with Gasteiger partial charge in [0.2, 0.25) is 0 Å². The standard InChI is InChI=1S/C30H30N4/c1-4-22-11-7-9-13-25(22)29(24-12-8-6-10-21(24)3)23-14-16-34(17-15-23)28(5-2)26-18-31-19-27-30(26)33-20-32-27/h6-13,18-20H,2,4,14-17H2,1,3H3,(H,32,33). The Morgan fingerprint density at radius 3 is 2.47 bits per heavy atom. The Bertz CT molecular complexity index is 1410. The molecule has 0 bridgehead atoms. The van der Waals surface area contributed by atoms with Crippen molar-refractivity contribution in [1.82, 2.24) is 19.9 Å². The predicted octanol–water partition coefficient (Wildman–Crippen LogP) is 6.55. The van der Waals surface area contributed by atoms with Gasteiger partial charge in [0.15, 0.2) is 0 Å². The highest BCUT2D eigenvalue weighted by atomic mass is 15.1. The third kappa shape index (κ3) is 3.98. The number of nitrogens with zero attached hydrogens (tertiary/aromatic N) is 3. The van der Waals surface area contributed by atoms with Crippen molar-refractivity contribution >= 4 is 22.3 Å². The number of aromatic amines is 1. The van der Waals surface area contributed by atoms with E-state index in [1.807, 2.05) is 12.4 Å². The van der Waals surface area contributed by atoms with E-state index < -0.39 is 0 Å². The molecule has 0 radical (unpaired) electrons. The maximum absolute atomic E-state index is 4.51. The molecular formula is C30H30N4. The van der Waals surface area contributed by atoms with Gasteiger partial charge in [0, 0.05) is 19.3 Å². The zero-order chi connectivity index (χ0) is 23.5. The summed E-state index contributed by atoms with van der Waals surface area (Å²) in [6.07, 6.45) is 8.41. The third-order valence-corrected chi connectivity index (χ3v) is 6.87. The Labute approximate surface area is 201 Å². The molecule has 5 rings (SSSR count). The summed E-state index contributed by atoms with van der Waals surface area (Å²) < 4.78 is 0. The van der Waals surface area contributed by atoms with Gasteiger partial charge in [-0.2, -0.15) is 0 Å². The van der Waals surface area contributed by atoms with E-state index in [0.717, 1.165) is 54.6 Å². The molecule has 4 heteroatoms. The van der Waals surface area contributed by atoms with E-state index in [2.05, 4.69) is 94.5 Å². The van der Waals surface area contributed by atoms with Crippen LogP contribution in [0.15, 0.2) is 85.1 Å². The number of likely N-dealkylation sites (tertiary alicyclic amines) is 1. The van der Waals surface area contributed by atoms with E-state index in [9.17, 15) is 0 Å². The van der Waals surface area contributed by atoms with Gasteiger partial charge in [-0.25, -0.2) is 4.98 Å². The van der Waals surface area contributed by atoms with Crippen molar-refractivity contribution < 1.29 is 0 Å². The fourth-order valence-corrected chi connectivity index (χ4v) is 5.12. The molecule has 1 aliphatic rings. The number of hydrogen-bond donors (Lipinski definition) is 1. The lowest BCUT2D eigenvalue weighted by Crippen LogP contribution is -2.29. The van der Waals surface area contributed by atoms with Crippen LogP contribution in [-0.4, -0.2) is 32.9 Å². The van der Waals surface area contributed by atoms with Crippen molar-refractivity contribution in [2.45, 2.75) is 33.1 Å². The van der Waals surface area contributed by atoms with Gasteiger partial charge < -0.3 is 9.88 Å². The van der Waals surface area contributed by atoms with E-state index in [1.165, 1.54) is 33.4 Å². The van der Waals surface area contributed by atoms with Crippen LogP contribution in [0.4, 0.5) is 0 Å². The number of benzene rings is 2. The molecule has 1 saturated heterocycles. The average Bonchev–Trinajstić information content (AvgIpc) is 3.37. The Kier molecular flexibility index (Phi) is 6.16. The van der Waals surface area contributed by atoms with E-state index in [1.54, 1.807) is 6.33 Å². The molecule has 0 saturated carbocycles. The number of piperidine rings is 1. The van der Waals surface area contributed by atoms with Crippen LogP contribution in [0.25, 0.3) is 22.3 Å². The Hall–Kier alpha value is -3.88. The van der Waals surface area contributed by atoms with E-state index >= 15 is 0 Å². The number of pyridine rings is 1. The van der Waals surface area contributed by atoms with Crippen molar-refractivity contribution in [3.8, 4) is 0 Å². The summed E-state index contributed by atoms with van der Waals surface area (Å²) in [4.78, 5) is 14.5. The van der Waals surface area contributed by atoms with Crippen LogP contribution in [0.1, 0.15) is 47.6 Å². The van der Waals surface area contributed by atoms with Gasteiger partial charge in [-0.1, -0.05) is 67.6 Å². The second kappa shape index (κ2) is 9.54. The zero-order valence-corrected chi connectivity index (χ0v) is 19.9. The number of fused-ring (bicyclic) bond motifs is 1. The number of aryl methyl sites for hydroxylation is 2. The molecule has 34 heavy (non-hydrogen) atoms. The lowest BCUT2D eigenvalue weighted by Gasteiger charge is -2.33.